The molecule has 1 aromatic rings. The van der Waals surface area contributed by atoms with Gasteiger partial charge >= 0.3 is 11.9 Å². The average Bonchev–Trinajstić information content (AvgIpc) is 3.72. The minimum Gasteiger partial charge on any atom is -0.462 e. The third kappa shape index (κ3) is 30.1. The van der Waals surface area contributed by atoms with Gasteiger partial charge < -0.3 is 24.6 Å². The SMILES string of the molecule is CCCCCCCCC(CCCCCCCC)OC(=O)CCCCC(=O)/C=C\c1sc2c(c1C(=O)NCCCN(C)C)CCN(C(=O)CCCCC(=O)OC(CCCCCC)CCCCCCCC)C2.[HH]. The number of ketones is 1. The summed E-state index contributed by atoms with van der Waals surface area (Å²) in [6.45, 7) is 11.3. The predicted molar refractivity (Wildman–Crippen MR) is 295 cm³/mol. The summed E-state index contributed by atoms with van der Waals surface area (Å²) in [5.41, 5.74) is 1.57. The Bertz CT molecular complexity index is 1580. The van der Waals surface area contributed by atoms with Crippen molar-refractivity contribution in [3.05, 3.63) is 27.0 Å². The molecule has 1 aliphatic rings. The number of nitrogens with one attached hydrogen (secondary N) is 1. The molecule has 0 bridgehead atoms. The maximum absolute atomic E-state index is 13.8. The molecule has 0 aliphatic carbocycles. The van der Waals surface area contributed by atoms with E-state index in [-0.39, 0.29) is 43.2 Å². The smallest absolute Gasteiger partial charge is 0.306 e. The number of hydrogen-bond acceptors (Lipinski definition) is 9. The zero-order chi connectivity index (χ0) is 51.0. The Kier molecular flexibility index (Phi) is 37.3. The second-order valence-electron chi connectivity index (χ2n) is 20.7. The third-order valence-corrected chi connectivity index (χ3v) is 15.0. The van der Waals surface area contributed by atoms with Crippen LogP contribution in [0, 0.1) is 0 Å². The quantitative estimate of drug-likeness (QED) is 0.0389. The van der Waals surface area contributed by atoms with E-state index in [0.717, 1.165) is 79.6 Å². The zero-order valence-electron chi connectivity index (χ0n) is 45.8. The number of thiophene rings is 1. The number of rotatable bonds is 45. The number of allylic oxidation sites excluding steroid dienone is 1. The number of esters is 2. The predicted octanol–water partition coefficient (Wildman–Crippen LogP) is 15.3. The molecule has 2 amide bonds. The van der Waals surface area contributed by atoms with Gasteiger partial charge in [-0.05, 0) is 128 Å². The van der Waals surface area contributed by atoms with Crippen molar-refractivity contribution < 1.29 is 34.9 Å². The lowest BCUT2D eigenvalue weighted by Crippen LogP contribution is -2.36. The van der Waals surface area contributed by atoms with Crippen molar-refractivity contribution in [2.24, 2.45) is 0 Å². The van der Waals surface area contributed by atoms with Crippen LogP contribution in [0.2, 0.25) is 0 Å². The van der Waals surface area contributed by atoms with Gasteiger partial charge in [-0.2, -0.15) is 0 Å². The molecule has 0 saturated heterocycles. The largest absolute Gasteiger partial charge is 0.462 e. The molecule has 0 radical (unpaired) electrons. The highest BCUT2D eigenvalue weighted by atomic mass is 32.1. The van der Waals surface area contributed by atoms with E-state index in [2.05, 4.69) is 37.9 Å². The summed E-state index contributed by atoms with van der Waals surface area (Å²) in [6.07, 6.45) is 38.9. The first-order chi connectivity index (χ1) is 34.0. The summed E-state index contributed by atoms with van der Waals surface area (Å²) in [5.74, 6) is -0.426. The fourth-order valence-electron chi connectivity index (χ4n) is 9.48. The van der Waals surface area contributed by atoms with Crippen molar-refractivity contribution >= 4 is 46.9 Å². The van der Waals surface area contributed by atoms with Crippen LogP contribution < -0.4 is 5.32 Å². The van der Waals surface area contributed by atoms with Crippen LogP contribution in [-0.2, 0) is 41.6 Å². The van der Waals surface area contributed by atoms with Gasteiger partial charge in [0.25, 0.3) is 5.91 Å². The van der Waals surface area contributed by atoms with Gasteiger partial charge in [0.1, 0.15) is 12.2 Å². The molecule has 0 aromatic carbocycles. The van der Waals surface area contributed by atoms with E-state index in [9.17, 15) is 24.0 Å². The molecule has 1 atom stereocenters. The standard InChI is InChI=1S/C59H103N3O7S.H2/c1-7-11-15-19-22-26-36-50(35-25-18-14-10-4)68-57(66)41-32-30-39-55(64)62-47-44-52-54(48-62)70-53(58(52)59(67)60-45-33-46-61(5)6)43-42-49(63)34-29-31-40-56(65)69-51(37-27-23-20-16-12-8-2)38-28-24-21-17-13-9-3;/h42-43,50-51H,7-41,44-48H2,1-6H3,(H,60,67);1H/b43-42-;. The Morgan fingerprint density at radius 3 is 1.53 bits per heavy atom. The summed E-state index contributed by atoms with van der Waals surface area (Å²) >= 11 is 1.49. The van der Waals surface area contributed by atoms with Gasteiger partial charge in [0, 0.05) is 50.0 Å². The summed E-state index contributed by atoms with van der Waals surface area (Å²) < 4.78 is 12.0. The average molecular weight is 1000 g/mol. The van der Waals surface area contributed by atoms with Gasteiger partial charge in [0.05, 0.1) is 12.1 Å². The summed E-state index contributed by atoms with van der Waals surface area (Å²) in [7, 11) is 4.03. The number of carbonyl (C=O) groups excluding carboxylic acids is 5. The molecule has 1 unspecified atom stereocenters. The van der Waals surface area contributed by atoms with Crippen molar-refractivity contribution in [1.82, 2.24) is 15.1 Å². The molecule has 0 spiro atoms. The summed E-state index contributed by atoms with van der Waals surface area (Å²) in [5, 5.41) is 3.11. The molecule has 2 rings (SSSR count). The second-order valence-corrected chi connectivity index (χ2v) is 21.8. The first-order valence-electron chi connectivity index (χ1n) is 29.0. The number of fused-ring (bicyclic) bond motifs is 1. The third-order valence-electron chi connectivity index (χ3n) is 13.8. The first-order valence-corrected chi connectivity index (χ1v) is 29.8. The Hall–Kier alpha value is -3.05. The van der Waals surface area contributed by atoms with E-state index in [1.807, 2.05) is 19.0 Å². The van der Waals surface area contributed by atoms with Crippen LogP contribution in [0.15, 0.2) is 6.08 Å². The number of carbonyl (C=O) groups is 5. The lowest BCUT2D eigenvalue weighted by atomic mass is 10.00. The van der Waals surface area contributed by atoms with Crippen LogP contribution in [0.1, 0.15) is 280 Å². The zero-order valence-corrected chi connectivity index (χ0v) is 46.6. The van der Waals surface area contributed by atoms with Crippen LogP contribution in [0.25, 0.3) is 6.08 Å². The molecule has 70 heavy (non-hydrogen) atoms. The lowest BCUT2D eigenvalue weighted by molar-refractivity contribution is -0.151. The second kappa shape index (κ2) is 41.4. The Balaban J connectivity index is 0.0000252. The van der Waals surface area contributed by atoms with Crippen molar-refractivity contribution in [3.8, 4) is 0 Å². The molecule has 10 nitrogen and oxygen atoms in total. The maximum atomic E-state index is 13.8. The molecule has 0 saturated carbocycles. The van der Waals surface area contributed by atoms with Crippen LogP contribution in [0.3, 0.4) is 0 Å². The van der Waals surface area contributed by atoms with Gasteiger partial charge in [-0.1, -0.05) is 143 Å². The number of ether oxygens (including phenoxy) is 2. The Morgan fingerprint density at radius 1 is 0.600 bits per heavy atom. The molecule has 1 aliphatic heterocycles. The van der Waals surface area contributed by atoms with Crippen LogP contribution >= 0.6 is 11.3 Å². The number of amides is 2. The fourth-order valence-corrected chi connectivity index (χ4v) is 10.8. The van der Waals surface area contributed by atoms with Gasteiger partial charge in [-0.15, -0.1) is 11.3 Å². The maximum Gasteiger partial charge on any atom is 0.306 e. The first kappa shape index (κ1) is 63.1. The van der Waals surface area contributed by atoms with Crippen LogP contribution in [0.4, 0.5) is 0 Å². The van der Waals surface area contributed by atoms with Gasteiger partial charge in [-0.3, -0.25) is 24.0 Å². The van der Waals surface area contributed by atoms with Gasteiger partial charge in [0.2, 0.25) is 5.91 Å². The molecule has 0 fully saturated rings. The molecule has 2 heterocycles. The van der Waals surface area contributed by atoms with E-state index >= 15 is 0 Å². The van der Waals surface area contributed by atoms with E-state index in [1.54, 1.807) is 12.2 Å². The topological polar surface area (TPSA) is 122 Å². The molecule has 1 N–H and O–H groups in total. The molecule has 1 aromatic heterocycles. The van der Waals surface area contributed by atoms with E-state index in [1.165, 1.54) is 127 Å². The van der Waals surface area contributed by atoms with Crippen molar-refractivity contribution in [2.75, 3.05) is 33.7 Å². The molecule has 11 heteroatoms. The monoisotopic (exact) mass is 1000 g/mol. The van der Waals surface area contributed by atoms with Crippen molar-refractivity contribution in [3.63, 3.8) is 0 Å². The van der Waals surface area contributed by atoms with Gasteiger partial charge in [0.15, 0.2) is 5.78 Å². The van der Waals surface area contributed by atoms with Gasteiger partial charge in [-0.25, -0.2) is 0 Å². The summed E-state index contributed by atoms with van der Waals surface area (Å²) in [4.78, 5) is 72.0. The Morgan fingerprint density at radius 2 is 1.04 bits per heavy atom. The van der Waals surface area contributed by atoms with Crippen molar-refractivity contribution in [2.45, 2.75) is 278 Å². The fraction of sp³-hybridized carbons (Fsp3) is 0.814. The highest BCUT2D eigenvalue weighted by Crippen LogP contribution is 2.35. The van der Waals surface area contributed by atoms with Crippen LogP contribution in [0.5, 0.6) is 0 Å². The lowest BCUT2D eigenvalue weighted by Gasteiger charge is -2.27. The number of nitrogens with zero attached hydrogens (tertiary/aromatic N) is 2. The summed E-state index contributed by atoms with van der Waals surface area (Å²) in [6, 6.07) is 0. The van der Waals surface area contributed by atoms with E-state index in [4.69, 9.17) is 9.47 Å². The Labute approximate surface area is 433 Å². The van der Waals surface area contributed by atoms with E-state index in [0.29, 0.717) is 83.0 Å². The highest BCUT2D eigenvalue weighted by Gasteiger charge is 2.29. The molecule has 404 valence electrons. The molecular weight excluding hydrogens is 895 g/mol. The van der Waals surface area contributed by atoms with Crippen molar-refractivity contribution in [1.29, 1.82) is 0 Å². The minimum atomic E-state index is -0.154. The normalized spacial score (nSPS) is 13.1. The number of hydrogen-bond donors (Lipinski definition) is 1. The van der Waals surface area contributed by atoms with Crippen LogP contribution in [-0.4, -0.2) is 85.3 Å². The van der Waals surface area contributed by atoms with E-state index < -0.39 is 0 Å². The molecular formula is C59H105N3O7S. The minimum absolute atomic E-state index is 0. The highest BCUT2D eigenvalue weighted by molar-refractivity contribution is 7.13. The number of unbranched alkanes of at least 4 members (excludes halogenated alkanes) is 20.